The van der Waals surface area contributed by atoms with Crippen LogP contribution in [0.2, 0.25) is 0 Å². The van der Waals surface area contributed by atoms with Crippen molar-refractivity contribution in [1.29, 1.82) is 0 Å². The van der Waals surface area contributed by atoms with Crippen molar-refractivity contribution in [2.75, 3.05) is 27.4 Å². The maximum absolute atomic E-state index is 11.7. The lowest BCUT2D eigenvalue weighted by Gasteiger charge is -2.28. The number of nitrogens with one attached hydrogen (secondary N) is 1. The van der Waals surface area contributed by atoms with Crippen LogP contribution < -0.4 is 5.32 Å². The molecular weight excluding hydrogens is 212 g/mol. The molecule has 1 heterocycles. The highest BCUT2D eigenvalue weighted by atomic mass is 16.5. The van der Waals surface area contributed by atoms with Gasteiger partial charge in [-0.3, -0.25) is 4.79 Å². The summed E-state index contributed by atoms with van der Waals surface area (Å²) in [6.45, 7) is 2.52. The van der Waals surface area contributed by atoms with Gasteiger partial charge >= 0.3 is 0 Å². The third-order valence-corrected chi connectivity index (χ3v) is 2.00. The molecular formula is C10H16N2O4. The summed E-state index contributed by atoms with van der Waals surface area (Å²) >= 11 is 0. The van der Waals surface area contributed by atoms with Gasteiger partial charge in [-0.15, -0.1) is 0 Å². The highest BCUT2D eigenvalue weighted by Crippen LogP contribution is 2.07. The monoisotopic (exact) mass is 228 g/mol. The summed E-state index contributed by atoms with van der Waals surface area (Å²) in [5.74, 6) is -0.174. The van der Waals surface area contributed by atoms with Gasteiger partial charge in [0.15, 0.2) is 0 Å². The summed E-state index contributed by atoms with van der Waals surface area (Å²) in [6.07, 6.45) is 1.42. The average molecular weight is 228 g/mol. The van der Waals surface area contributed by atoms with Gasteiger partial charge in [0.25, 0.3) is 5.91 Å². The molecule has 0 fully saturated rings. The molecule has 1 rings (SSSR count). The summed E-state index contributed by atoms with van der Waals surface area (Å²) in [5, 5.41) is 6.24. The highest BCUT2D eigenvalue weighted by molar-refractivity contribution is 5.91. The van der Waals surface area contributed by atoms with E-state index in [0.29, 0.717) is 13.2 Å². The summed E-state index contributed by atoms with van der Waals surface area (Å²) in [6, 6.07) is 1.50. The SMILES string of the molecule is COCC(C)(COC)NC(=O)c1ccno1. The standard InChI is InChI=1S/C10H16N2O4/c1-10(6-14-2,7-15-3)12-9(13)8-4-5-11-16-8/h4-5H,6-7H2,1-3H3,(H,12,13). The largest absolute Gasteiger partial charge is 0.382 e. The molecule has 0 radical (unpaired) electrons. The summed E-state index contributed by atoms with van der Waals surface area (Å²) in [7, 11) is 3.13. The van der Waals surface area contributed by atoms with Gasteiger partial charge < -0.3 is 19.3 Å². The molecule has 1 amide bonds. The Morgan fingerprint density at radius 3 is 2.56 bits per heavy atom. The van der Waals surface area contributed by atoms with E-state index >= 15 is 0 Å². The molecule has 0 bridgehead atoms. The second-order valence-corrected chi connectivity index (χ2v) is 3.76. The molecule has 90 valence electrons. The molecule has 6 nitrogen and oxygen atoms in total. The molecule has 0 aliphatic carbocycles. The summed E-state index contributed by atoms with van der Waals surface area (Å²) in [4.78, 5) is 11.7. The van der Waals surface area contributed by atoms with E-state index < -0.39 is 5.54 Å². The molecule has 0 saturated carbocycles. The lowest BCUT2D eigenvalue weighted by atomic mass is 10.1. The smallest absolute Gasteiger partial charge is 0.290 e. The van der Waals surface area contributed by atoms with Crippen LogP contribution in [0.25, 0.3) is 0 Å². The third-order valence-electron chi connectivity index (χ3n) is 2.00. The molecule has 0 spiro atoms. The van der Waals surface area contributed by atoms with Gasteiger partial charge in [-0.1, -0.05) is 5.16 Å². The maximum atomic E-state index is 11.7. The third kappa shape index (κ3) is 3.32. The average Bonchev–Trinajstić information content (AvgIpc) is 2.70. The Kier molecular flexibility index (Phi) is 4.45. The Morgan fingerprint density at radius 2 is 2.12 bits per heavy atom. The van der Waals surface area contributed by atoms with E-state index in [1.54, 1.807) is 14.2 Å². The lowest BCUT2D eigenvalue weighted by Crippen LogP contribution is -2.52. The van der Waals surface area contributed by atoms with Gasteiger partial charge in [-0.05, 0) is 6.92 Å². The van der Waals surface area contributed by atoms with Crippen molar-refractivity contribution >= 4 is 5.91 Å². The molecule has 0 aliphatic heterocycles. The molecule has 0 aliphatic rings. The van der Waals surface area contributed by atoms with Gasteiger partial charge in [0.2, 0.25) is 5.76 Å². The van der Waals surface area contributed by atoms with Crippen LogP contribution in [0.15, 0.2) is 16.8 Å². The van der Waals surface area contributed by atoms with Gasteiger partial charge in [0.1, 0.15) is 0 Å². The summed E-state index contributed by atoms with van der Waals surface area (Å²) < 4.78 is 14.8. The quantitative estimate of drug-likeness (QED) is 0.765. The van der Waals surface area contributed by atoms with Crippen molar-refractivity contribution in [2.45, 2.75) is 12.5 Å². The second-order valence-electron chi connectivity index (χ2n) is 3.76. The van der Waals surface area contributed by atoms with E-state index in [0.717, 1.165) is 0 Å². The van der Waals surface area contributed by atoms with Crippen molar-refractivity contribution in [3.05, 3.63) is 18.0 Å². The van der Waals surface area contributed by atoms with Crippen molar-refractivity contribution in [1.82, 2.24) is 10.5 Å². The Balaban J connectivity index is 2.64. The number of hydrogen-bond acceptors (Lipinski definition) is 5. The number of aromatic nitrogens is 1. The van der Waals surface area contributed by atoms with Crippen LogP contribution in [0.3, 0.4) is 0 Å². The van der Waals surface area contributed by atoms with Crippen LogP contribution in [0, 0.1) is 0 Å². The van der Waals surface area contributed by atoms with Gasteiger partial charge in [0, 0.05) is 20.3 Å². The van der Waals surface area contributed by atoms with Crippen LogP contribution in [0.5, 0.6) is 0 Å². The first-order valence-corrected chi connectivity index (χ1v) is 4.82. The molecule has 1 N–H and O–H groups in total. The van der Waals surface area contributed by atoms with Crippen molar-refractivity contribution < 1.29 is 18.8 Å². The number of amides is 1. The highest BCUT2D eigenvalue weighted by Gasteiger charge is 2.28. The number of carbonyl (C=O) groups excluding carboxylic acids is 1. The first-order valence-electron chi connectivity index (χ1n) is 4.82. The number of nitrogens with zero attached hydrogens (tertiary/aromatic N) is 1. The second kappa shape index (κ2) is 5.62. The molecule has 1 aromatic heterocycles. The number of ether oxygens (including phenoxy) is 2. The maximum Gasteiger partial charge on any atom is 0.290 e. The summed E-state index contributed by atoms with van der Waals surface area (Å²) in [5.41, 5.74) is -0.590. The molecule has 0 unspecified atom stereocenters. The van der Waals surface area contributed by atoms with E-state index in [1.165, 1.54) is 12.3 Å². The van der Waals surface area contributed by atoms with Gasteiger partial charge in [0.05, 0.1) is 24.9 Å². The van der Waals surface area contributed by atoms with E-state index in [1.807, 2.05) is 6.92 Å². The Hall–Kier alpha value is -1.40. The number of methoxy groups -OCH3 is 2. The zero-order valence-electron chi connectivity index (χ0n) is 9.65. The van der Waals surface area contributed by atoms with Crippen molar-refractivity contribution in [3.63, 3.8) is 0 Å². The first-order chi connectivity index (χ1) is 7.61. The zero-order valence-corrected chi connectivity index (χ0v) is 9.65. The first kappa shape index (κ1) is 12.7. The van der Waals surface area contributed by atoms with Crippen molar-refractivity contribution in [2.24, 2.45) is 0 Å². The predicted octanol–water partition coefficient (Wildman–Crippen LogP) is 0.456. The normalized spacial score (nSPS) is 11.4. The zero-order chi connectivity index (χ0) is 12.0. The van der Waals surface area contributed by atoms with Gasteiger partial charge in [-0.25, -0.2) is 0 Å². The molecule has 6 heteroatoms. The molecule has 1 aromatic rings. The Bertz CT molecular complexity index is 318. The minimum atomic E-state index is -0.590. The minimum Gasteiger partial charge on any atom is -0.382 e. The fourth-order valence-electron chi connectivity index (χ4n) is 1.42. The van der Waals surface area contributed by atoms with E-state index in [2.05, 4.69) is 10.5 Å². The van der Waals surface area contributed by atoms with Gasteiger partial charge in [-0.2, -0.15) is 0 Å². The molecule has 16 heavy (non-hydrogen) atoms. The van der Waals surface area contributed by atoms with Crippen LogP contribution >= 0.6 is 0 Å². The molecule has 0 saturated heterocycles. The lowest BCUT2D eigenvalue weighted by molar-refractivity contribution is 0.0442. The topological polar surface area (TPSA) is 73.6 Å². The number of carbonyl (C=O) groups is 1. The van der Waals surface area contributed by atoms with Crippen LogP contribution in [0.4, 0.5) is 0 Å². The fraction of sp³-hybridized carbons (Fsp3) is 0.600. The molecule has 0 aromatic carbocycles. The fourth-order valence-corrected chi connectivity index (χ4v) is 1.42. The van der Waals surface area contributed by atoms with Crippen molar-refractivity contribution in [3.8, 4) is 0 Å². The Morgan fingerprint density at radius 1 is 1.50 bits per heavy atom. The Labute approximate surface area is 93.9 Å². The predicted molar refractivity (Wildman–Crippen MR) is 56.1 cm³/mol. The molecule has 0 atom stereocenters. The number of rotatable bonds is 6. The van der Waals surface area contributed by atoms with E-state index in [-0.39, 0.29) is 11.7 Å². The van der Waals surface area contributed by atoms with E-state index in [4.69, 9.17) is 14.0 Å². The van der Waals surface area contributed by atoms with Crippen LogP contribution in [-0.4, -0.2) is 44.0 Å². The van der Waals surface area contributed by atoms with Crippen LogP contribution in [0.1, 0.15) is 17.5 Å². The minimum absolute atomic E-state index is 0.165. The van der Waals surface area contributed by atoms with E-state index in [9.17, 15) is 4.79 Å². The number of hydrogen-bond donors (Lipinski definition) is 1. The van der Waals surface area contributed by atoms with Crippen LogP contribution in [-0.2, 0) is 9.47 Å².